The molecule has 0 aliphatic heterocycles. The van der Waals surface area contributed by atoms with Crippen molar-refractivity contribution in [2.24, 2.45) is 0 Å². The number of anilines is 1. The molecule has 1 N–H and O–H groups in total. The van der Waals surface area contributed by atoms with Gasteiger partial charge in [0.25, 0.3) is 5.91 Å². The van der Waals surface area contributed by atoms with Crippen LogP contribution in [0.2, 0.25) is 5.15 Å². The second-order valence-corrected chi connectivity index (χ2v) is 4.25. The molecule has 0 fully saturated rings. The molecule has 0 saturated heterocycles. The van der Waals surface area contributed by atoms with Gasteiger partial charge in [-0.05, 0) is 30.7 Å². The van der Waals surface area contributed by atoms with Crippen molar-refractivity contribution < 1.29 is 9.53 Å². The first-order chi connectivity index (χ1) is 9.10. The standard InChI is InChI=1S/C13H12ClN3O2/c1-8-5-9(19-2)3-4-10(8)17-13(18)11-6-15-7-12(14)16-11/h3-7H,1-2H3,(H,17,18). The Morgan fingerprint density at radius 1 is 1.37 bits per heavy atom. The molecule has 0 saturated carbocycles. The number of carbonyl (C=O) groups excluding carboxylic acids is 1. The van der Waals surface area contributed by atoms with Crippen LogP contribution in [-0.4, -0.2) is 23.0 Å². The minimum Gasteiger partial charge on any atom is -0.497 e. The zero-order valence-electron chi connectivity index (χ0n) is 10.5. The van der Waals surface area contributed by atoms with Gasteiger partial charge < -0.3 is 10.1 Å². The van der Waals surface area contributed by atoms with Gasteiger partial charge in [-0.3, -0.25) is 9.78 Å². The summed E-state index contributed by atoms with van der Waals surface area (Å²) in [4.78, 5) is 19.7. The number of nitrogens with zero attached hydrogens (tertiary/aromatic N) is 2. The van der Waals surface area contributed by atoms with E-state index in [0.29, 0.717) is 5.69 Å². The number of methoxy groups -OCH3 is 1. The normalized spacial score (nSPS) is 10.1. The fraction of sp³-hybridized carbons (Fsp3) is 0.154. The molecule has 1 heterocycles. The molecule has 0 unspecified atom stereocenters. The van der Waals surface area contributed by atoms with Gasteiger partial charge in [0.1, 0.15) is 16.6 Å². The number of ether oxygens (including phenoxy) is 1. The third-order valence-electron chi connectivity index (χ3n) is 2.52. The quantitative estimate of drug-likeness (QED) is 0.937. The number of nitrogens with one attached hydrogen (secondary N) is 1. The lowest BCUT2D eigenvalue weighted by molar-refractivity contribution is 0.102. The van der Waals surface area contributed by atoms with Crippen LogP contribution < -0.4 is 10.1 Å². The van der Waals surface area contributed by atoms with E-state index in [1.807, 2.05) is 13.0 Å². The fourth-order valence-corrected chi connectivity index (χ4v) is 1.69. The molecule has 1 aromatic carbocycles. The van der Waals surface area contributed by atoms with E-state index in [2.05, 4.69) is 15.3 Å². The number of aryl methyl sites for hydroxylation is 1. The Hall–Kier alpha value is -2.14. The molecule has 0 bridgehead atoms. The van der Waals surface area contributed by atoms with Gasteiger partial charge >= 0.3 is 0 Å². The van der Waals surface area contributed by atoms with Gasteiger partial charge in [-0.25, -0.2) is 4.98 Å². The maximum atomic E-state index is 12.0. The van der Waals surface area contributed by atoms with Crippen LogP contribution in [0.4, 0.5) is 5.69 Å². The highest BCUT2D eigenvalue weighted by atomic mass is 35.5. The Labute approximate surface area is 115 Å². The van der Waals surface area contributed by atoms with E-state index in [1.165, 1.54) is 12.4 Å². The predicted molar refractivity (Wildman–Crippen MR) is 72.7 cm³/mol. The lowest BCUT2D eigenvalue weighted by Crippen LogP contribution is -2.14. The molecule has 0 atom stereocenters. The SMILES string of the molecule is COc1ccc(NC(=O)c2cncc(Cl)n2)c(C)c1. The molecule has 19 heavy (non-hydrogen) atoms. The minimum atomic E-state index is -0.358. The number of rotatable bonds is 3. The third-order valence-corrected chi connectivity index (χ3v) is 2.70. The predicted octanol–water partition coefficient (Wildman–Crippen LogP) is 2.70. The van der Waals surface area contributed by atoms with Crippen LogP contribution >= 0.6 is 11.6 Å². The van der Waals surface area contributed by atoms with Gasteiger partial charge in [-0.2, -0.15) is 0 Å². The van der Waals surface area contributed by atoms with Gasteiger partial charge in [0.05, 0.1) is 19.5 Å². The Bertz CT molecular complexity index is 617. The molecule has 1 amide bonds. The minimum absolute atomic E-state index is 0.169. The van der Waals surface area contributed by atoms with Crippen LogP contribution in [0, 0.1) is 6.92 Å². The number of halogens is 1. The Morgan fingerprint density at radius 2 is 2.16 bits per heavy atom. The highest BCUT2D eigenvalue weighted by molar-refractivity contribution is 6.29. The van der Waals surface area contributed by atoms with Crippen LogP contribution in [0.25, 0.3) is 0 Å². The monoisotopic (exact) mass is 277 g/mol. The second-order valence-electron chi connectivity index (χ2n) is 3.86. The molecule has 0 aliphatic carbocycles. The van der Waals surface area contributed by atoms with Crippen molar-refractivity contribution in [2.45, 2.75) is 6.92 Å². The Balaban J connectivity index is 2.19. The molecule has 1 aromatic heterocycles. The maximum Gasteiger partial charge on any atom is 0.275 e. The zero-order chi connectivity index (χ0) is 13.8. The van der Waals surface area contributed by atoms with E-state index >= 15 is 0 Å². The molecule has 6 heteroatoms. The van der Waals surface area contributed by atoms with Crippen LogP contribution in [0.15, 0.2) is 30.6 Å². The summed E-state index contributed by atoms with van der Waals surface area (Å²) in [5, 5.41) is 2.93. The van der Waals surface area contributed by atoms with E-state index in [0.717, 1.165) is 11.3 Å². The molecule has 0 radical (unpaired) electrons. The van der Waals surface area contributed by atoms with Crippen LogP contribution in [0.3, 0.4) is 0 Å². The molecule has 0 aliphatic rings. The van der Waals surface area contributed by atoms with Crippen molar-refractivity contribution in [2.75, 3.05) is 12.4 Å². The average Bonchev–Trinajstić information content (AvgIpc) is 2.41. The summed E-state index contributed by atoms with van der Waals surface area (Å²) < 4.78 is 5.10. The number of carbonyl (C=O) groups is 1. The van der Waals surface area contributed by atoms with Gasteiger partial charge in [-0.1, -0.05) is 11.6 Å². The van der Waals surface area contributed by atoms with Crippen LogP contribution in [-0.2, 0) is 0 Å². The molecule has 2 aromatic rings. The topological polar surface area (TPSA) is 64.1 Å². The van der Waals surface area contributed by atoms with Crippen molar-refractivity contribution in [1.82, 2.24) is 9.97 Å². The number of hydrogen-bond acceptors (Lipinski definition) is 4. The summed E-state index contributed by atoms with van der Waals surface area (Å²) in [5.74, 6) is 0.376. The lowest BCUT2D eigenvalue weighted by atomic mass is 10.2. The Morgan fingerprint density at radius 3 is 2.79 bits per heavy atom. The van der Waals surface area contributed by atoms with Crippen LogP contribution in [0.5, 0.6) is 5.75 Å². The van der Waals surface area contributed by atoms with Crippen molar-refractivity contribution in [3.63, 3.8) is 0 Å². The van der Waals surface area contributed by atoms with E-state index in [9.17, 15) is 4.79 Å². The largest absolute Gasteiger partial charge is 0.497 e. The summed E-state index contributed by atoms with van der Waals surface area (Å²) in [6.07, 6.45) is 2.73. The lowest BCUT2D eigenvalue weighted by Gasteiger charge is -2.09. The number of benzene rings is 1. The number of hydrogen-bond donors (Lipinski definition) is 1. The van der Waals surface area contributed by atoms with Crippen LogP contribution in [0.1, 0.15) is 16.1 Å². The summed E-state index contributed by atoms with van der Waals surface area (Å²) in [7, 11) is 1.59. The smallest absolute Gasteiger partial charge is 0.275 e. The summed E-state index contributed by atoms with van der Waals surface area (Å²) in [6.45, 7) is 1.88. The first kappa shape index (κ1) is 13.3. The van der Waals surface area contributed by atoms with E-state index in [-0.39, 0.29) is 16.8 Å². The van der Waals surface area contributed by atoms with Gasteiger partial charge in [0.2, 0.25) is 0 Å². The van der Waals surface area contributed by atoms with Crippen molar-refractivity contribution in [3.05, 3.63) is 47.0 Å². The highest BCUT2D eigenvalue weighted by Crippen LogP contribution is 2.21. The van der Waals surface area contributed by atoms with E-state index < -0.39 is 0 Å². The molecule has 5 nitrogen and oxygen atoms in total. The third kappa shape index (κ3) is 3.20. The molecular formula is C13H12ClN3O2. The van der Waals surface area contributed by atoms with Crippen molar-refractivity contribution in [1.29, 1.82) is 0 Å². The average molecular weight is 278 g/mol. The number of amides is 1. The first-order valence-electron chi connectivity index (χ1n) is 5.53. The van der Waals surface area contributed by atoms with Crippen molar-refractivity contribution in [3.8, 4) is 5.75 Å². The Kier molecular flexibility index (Phi) is 3.97. The van der Waals surface area contributed by atoms with Gasteiger partial charge in [0, 0.05) is 5.69 Å². The summed E-state index contributed by atoms with van der Waals surface area (Å²) in [5.41, 5.74) is 1.75. The molecule has 98 valence electrons. The highest BCUT2D eigenvalue weighted by Gasteiger charge is 2.10. The first-order valence-corrected chi connectivity index (χ1v) is 5.91. The summed E-state index contributed by atoms with van der Waals surface area (Å²) >= 11 is 5.69. The second kappa shape index (κ2) is 5.67. The van der Waals surface area contributed by atoms with E-state index in [1.54, 1.807) is 19.2 Å². The van der Waals surface area contributed by atoms with Gasteiger partial charge in [-0.15, -0.1) is 0 Å². The van der Waals surface area contributed by atoms with Crippen molar-refractivity contribution >= 4 is 23.2 Å². The fourth-order valence-electron chi connectivity index (χ4n) is 1.54. The molecular weight excluding hydrogens is 266 g/mol. The molecule has 2 rings (SSSR count). The molecule has 0 spiro atoms. The summed E-state index contributed by atoms with van der Waals surface area (Å²) in [6, 6.07) is 5.37. The van der Waals surface area contributed by atoms with Gasteiger partial charge in [0.15, 0.2) is 0 Å². The zero-order valence-corrected chi connectivity index (χ0v) is 11.2. The van der Waals surface area contributed by atoms with E-state index in [4.69, 9.17) is 16.3 Å². The number of aromatic nitrogens is 2. The maximum absolute atomic E-state index is 12.0.